The van der Waals surface area contributed by atoms with E-state index < -0.39 is 18.3 Å². The van der Waals surface area contributed by atoms with Crippen LogP contribution >= 0.6 is 0 Å². The highest BCUT2D eigenvalue weighted by molar-refractivity contribution is 5.57. The maximum atomic E-state index is 13.1. The Kier molecular flexibility index (Phi) is 3.62. The summed E-state index contributed by atoms with van der Waals surface area (Å²) in [6.45, 7) is -0.566. The monoisotopic (exact) mass is 205 g/mol. The number of anilines is 1. The number of halogens is 3. The molecule has 0 bridgehead atoms. The first-order chi connectivity index (χ1) is 6.70. The van der Waals surface area contributed by atoms with Gasteiger partial charge < -0.3 is 10.1 Å². The van der Waals surface area contributed by atoms with Gasteiger partial charge in [0.25, 0.3) is 0 Å². The molecule has 0 heterocycles. The molecule has 1 N–H and O–H groups in total. The first kappa shape index (κ1) is 10.7. The predicted octanol–water partition coefficient (Wildman–Crippen LogP) is 2.35. The van der Waals surface area contributed by atoms with E-state index in [2.05, 4.69) is 10.1 Å². The van der Waals surface area contributed by atoms with E-state index in [1.807, 2.05) is 0 Å². The Bertz CT molecular complexity index is 317. The quantitative estimate of drug-likeness (QED) is 0.814. The lowest BCUT2D eigenvalue weighted by Gasteiger charge is -2.10. The van der Waals surface area contributed by atoms with E-state index in [0.717, 1.165) is 6.07 Å². The Hall–Kier alpha value is -1.39. The summed E-state index contributed by atoms with van der Waals surface area (Å²) in [4.78, 5) is 0. The fourth-order valence-electron chi connectivity index (χ4n) is 1.05. The van der Waals surface area contributed by atoms with Gasteiger partial charge in [-0.15, -0.1) is 0 Å². The van der Waals surface area contributed by atoms with Crippen molar-refractivity contribution < 1.29 is 17.9 Å². The molecule has 0 spiro atoms. The van der Waals surface area contributed by atoms with Crippen molar-refractivity contribution in [2.45, 2.75) is 0 Å². The maximum absolute atomic E-state index is 13.1. The Morgan fingerprint density at radius 3 is 2.64 bits per heavy atom. The first-order valence-electron chi connectivity index (χ1n) is 4.02. The molecule has 0 aromatic heterocycles. The SMILES string of the molecule is COc1c(NCCF)ccc(F)c1F. The van der Waals surface area contributed by atoms with Crippen LogP contribution in [-0.2, 0) is 0 Å². The highest BCUT2D eigenvalue weighted by Crippen LogP contribution is 2.29. The van der Waals surface area contributed by atoms with Gasteiger partial charge in [0.2, 0.25) is 5.82 Å². The van der Waals surface area contributed by atoms with Crippen molar-refractivity contribution in [3.05, 3.63) is 23.8 Å². The number of hydrogen-bond donors (Lipinski definition) is 1. The Labute approximate surface area is 79.7 Å². The van der Waals surface area contributed by atoms with E-state index in [1.165, 1.54) is 13.2 Å². The van der Waals surface area contributed by atoms with E-state index in [1.54, 1.807) is 0 Å². The molecule has 0 fully saturated rings. The van der Waals surface area contributed by atoms with E-state index in [-0.39, 0.29) is 18.0 Å². The van der Waals surface area contributed by atoms with Crippen molar-refractivity contribution in [3.63, 3.8) is 0 Å². The number of rotatable bonds is 4. The first-order valence-corrected chi connectivity index (χ1v) is 4.02. The Morgan fingerprint density at radius 2 is 2.07 bits per heavy atom. The highest BCUT2D eigenvalue weighted by Gasteiger charge is 2.13. The largest absolute Gasteiger partial charge is 0.491 e. The van der Waals surface area contributed by atoms with Crippen LogP contribution in [0, 0.1) is 11.6 Å². The van der Waals surface area contributed by atoms with Crippen molar-refractivity contribution in [2.75, 3.05) is 25.6 Å². The van der Waals surface area contributed by atoms with Crippen LogP contribution in [0.15, 0.2) is 12.1 Å². The summed E-state index contributed by atoms with van der Waals surface area (Å²) in [5.74, 6) is -2.30. The molecule has 2 nitrogen and oxygen atoms in total. The van der Waals surface area contributed by atoms with Gasteiger partial charge in [-0.1, -0.05) is 0 Å². The number of alkyl halides is 1. The second-order valence-electron chi connectivity index (χ2n) is 2.56. The molecule has 5 heteroatoms. The normalized spacial score (nSPS) is 10.0. The molecule has 0 aliphatic rings. The van der Waals surface area contributed by atoms with Gasteiger partial charge in [-0.05, 0) is 12.1 Å². The minimum atomic E-state index is -1.07. The summed E-state index contributed by atoms with van der Waals surface area (Å²) in [6.07, 6.45) is 0. The predicted molar refractivity (Wildman–Crippen MR) is 47.4 cm³/mol. The van der Waals surface area contributed by atoms with Crippen LogP contribution < -0.4 is 10.1 Å². The van der Waals surface area contributed by atoms with Crippen LogP contribution in [0.2, 0.25) is 0 Å². The third-order valence-electron chi connectivity index (χ3n) is 1.66. The second-order valence-corrected chi connectivity index (χ2v) is 2.56. The molecule has 0 aliphatic heterocycles. The molecular formula is C9H10F3NO. The molecule has 0 radical (unpaired) electrons. The van der Waals surface area contributed by atoms with E-state index >= 15 is 0 Å². The number of hydrogen-bond acceptors (Lipinski definition) is 2. The fraction of sp³-hybridized carbons (Fsp3) is 0.333. The van der Waals surface area contributed by atoms with Crippen LogP contribution in [0.3, 0.4) is 0 Å². The van der Waals surface area contributed by atoms with Crippen molar-refractivity contribution in [2.24, 2.45) is 0 Å². The van der Waals surface area contributed by atoms with Gasteiger partial charge in [-0.3, -0.25) is 0 Å². The molecule has 14 heavy (non-hydrogen) atoms. The molecular weight excluding hydrogens is 195 g/mol. The topological polar surface area (TPSA) is 21.3 Å². The van der Waals surface area contributed by atoms with Crippen LogP contribution in [0.5, 0.6) is 5.75 Å². The molecule has 0 atom stereocenters. The minimum absolute atomic E-state index is 0.0292. The van der Waals surface area contributed by atoms with Gasteiger partial charge in [0, 0.05) is 6.54 Å². The highest BCUT2D eigenvalue weighted by atomic mass is 19.2. The minimum Gasteiger partial charge on any atom is -0.491 e. The molecule has 1 rings (SSSR count). The van der Waals surface area contributed by atoms with Crippen LogP contribution in [0.1, 0.15) is 0 Å². The second kappa shape index (κ2) is 4.74. The Balaban J connectivity index is 2.98. The van der Waals surface area contributed by atoms with Crippen molar-refractivity contribution in [3.8, 4) is 5.75 Å². The van der Waals surface area contributed by atoms with Crippen LogP contribution in [0.25, 0.3) is 0 Å². The summed E-state index contributed by atoms with van der Waals surface area (Å²) in [5.41, 5.74) is 0.240. The molecule has 1 aromatic rings. The maximum Gasteiger partial charge on any atom is 0.202 e. The molecule has 1 aromatic carbocycles. The summed E-state index contributed by atoms with van der Waals surface area (Å²) >= 11 is 0. The number of methoxy groups -OCH3 is 1. The third kappa shape index (κ3) is 2.10. The van der Waals surface area contributed by atoms with Gasteiger partial charge in [-0.25, -0.2) is 8.78 Å². The van der Waals surface area contributed by atoms with Crippen molar-refractivity contribution in [1.29, 1.82) is 0 Å². The lowest BCUT2D eigenvalue weighted by Crippen LogP contribution is -2.06. The number of nitrogens with one attached hydrogen (secondary N) is 1. The third-order valence-corrected chi connectivity index (χ3v) is 1.66. The van der Waals surface area contributed by atoms with Crippen LogP contribution in [-0.4, -0.2) is 20.3 Å². The molecule has 0 saturated carbocycles. The Morgan fingerprint density at radius 1 is 1.36 bits per heavy atom. The summed E-state index contributed by atoms with van der Waals surface area (Å²) in [7, 11) is 1.22. The molecule has 0 aliphatic carbocycles. The lowest BCUT2D eigenvalue weighted by molar-refractivity contribution is 0.373. The van der Waals surface area contributed by atoms with Crippen LogP contribution in [0.4, 0.5) is 18.9 Å². The number of benzene rings is 1. The van der Waals surface area contributed by atoms with Gasteiger partial charge in [0.15, 0.2) is 11.6 Å². The molecule has 0 amide bonds. The van der Waals surface area contributed by atoms with Crippen molar-refractivity contribution in [1.82, 2.24) is 0 Å². The van der Waals surface area contributed by atoms with E-state index in [9.17, 15) is 13.2 Å². The fourth-order valence-corrected chi connectivity index (χ4v) is 1.05. The zero-order valence-corrected chi connectivity index (χ0v) is 7.61. The smallest absolute Gasteiger partial charge is 0.202 e. The molecule has 0 saturated heterocycles. The van der Waals surface area contributed by atoms with Gasteiger partial charge in [-0.2, -0.15) is 4.39 Å². The summed E-state index contributed by atoms with van der Waals surface area (Å²) < 4.78 is 42.2. The van der Waals surface area contributed by atoms with Gasteiger partial charge in [0.1, 0.15) is 6.67 Å². The van der Waals surface area contributed by atoms with E-state index in [4.69, 9.17) is 0 Å². The standard InChI is InChI=1S/C9H10F3NO/c1-14-9-7(13-5-4-10)3-2-6(11)8(9)12/h2-3,13H,4-5H2,1H3. The average Bonchev–Trinajstić information content (AvgIpc) is 2.20. The van der Waals surface area contributed by atoms with Gasteiger partial charge >= 0.3 is 0 Å². The number of ether oxygens (including phenoxy) is 1. The van der Waals surface area contributed by atoms with E-state index in [0.29, 0.717) is 0 Å². The zero-order chi connectivity index (χ0) is 10.6. The summed E-state index contributed by atoms with van der Waals surface area (Å²) in [6, 6.07) is 2.26. The van der Waals surface area contributed by atoms with Gasteiger partial charge in [0.05, 0.1) is 12.8 Å². The van der Waals surface area contributed by atoms with Crippen molar-refractivity contribution >= 4 is 5.69 Å². The summed E-state index contributed by atoms with van der Waals surface area (Å²) in [5, 5.41) is 2.58. The molecule has 0 unspecified atom stereocenters. The zero-order valence-electron chi connectivity index (χ0n) is 7.61. The average molecular weight is 205 g/mol. The molecule has 78 valence electrons. The lowest BCUT2D eigenvalue weighted by atomic mass is 10.2.